The van der Waals surface area contributed by atoms with Gasteiger partial charge in [-0.25, -0.2) is 5.43 Å². The van der Waals surface area contributed by atoms with E-state index < -0.39 is 0 Å². The van der Waals surface area contributed by atoms with Gasteiger partial charge in [-0.05, 0) is 32.3 Å². The summed E-state index contributed by atoms with van der Waals surface area (Å²) in [5, 5.41) is 10.6. The summed E-state index contributed by atoms with van der Waals surface area (Å²) in [6.45, 7) is 7.96. The minimum atomic E-state index is -0.285. The van der Waals surface area contributed by atoms with Crippen LogP contribution in [0.25, 0.3) is 0 Å². The molecule has 0 spiro atoms. The minimum absolute atomic E-state index is 0.285. The average Bonchev–Trinajstić information content (AvgIpc) is 2.60. The monoisotopic (exact) mass is 222 g/mol. The summed E-state index contributed by atoms with van der Waals surface area (Å²) in [5.41, 5.74) is 4.61. The number of aromatic nitrogens is 2. The Bertz CT molecular complexity index is 392. The van der Waals surface area contributed by atoms with E-state index in [0.29, 0.717) is 11.6 Å². The number of aromatic amines is 1. The maximum absolute atomic E-state index is 11.5. The van der Waals surface area contributed by atoms with Gasteiger partial charge in [-0.3, -0.25) is 9.89 Å². The fraction of sp³-hybridized carbons (Fsp3) is 0.545. The van der Waals surface area contributed by atoms with Gasteiger partial charge in [0.1, 0.15) is 0 Å². The number of H-pyrrole nitrogens is 1. The van der Waals surface area contributed by atoms with Crippen LogP contribution in [-0.2, 0) is 0 Å². The lowest BCUT2D eigenvalue weighted by atomic mass is 10.1. The molecule has 0 saturated carbocycles. The van der Waals surface area contributed by atoms with Crippen LogP contribution < -0.4 is 5.43 Å². The van der Waals surface area contributed by atoms with Crippen LogP contribution in [0.15, 0.2) is 11.2 Å². The molecule has 1 rings (SSSR count). The van der Waals surface area contributed by atoms with E-state index in [9.17, 15) is 4.79 Å². The summed E-state index contributed by atoms with van der Waals surface area (Å²) in [6, 6.07) is 1.68. The first-order valence-electron chi connectivity index (χ1n) is 5.34. The number of carbonyl (C=O) groups is 1. The van der Waals surface area contributed by atoms with E-state index >= 15 is 0 Å². The smallest absolute Gasteiger partial charge is 0.282 e. The fourth-order valence-electron chi connectivity index (χ4n) is 1.37. The molecule has 0 saturated heterocycles. The van der Waals surface area contributed by atoms with Gasteiger partial charge in [0.2, 0.25) is 0 Å². The van der Waals surface area contributed by atoms with Crippen molar-refractivity contribution in [3.8, 4) is 0 Å². The van der Waals surface area contributed by atoms with Crippen molar-refractivity contribution < 1.29 is 4.79 Å². The standard InChI is InChI=1S/C11H18N4O/c1-7(2)5-8(3)13-15-11(16)10-6-9(4)12-14-10/h6-7H,5H2,1-4H3,(H,12,14)(H,15,16). The molecule has 0 fully saturated rings. The average molecular weight is 222 g/mol. The summed E-state index contributed by atoms with van der Waals surface area (Å²) in [5.74, 6) is 0.251. The van der Waals surface area contributed by atoms with Crippen LogP contribution in [0.5, 0.6) is 0 Å². The van der Waals surface area contributed by atoms with Crippen molar-refractivity contribution in [2.75, 3.05) is 0 Å². The summed E-state index contributed by atoms with van der Waals surface area (Å²) in [4.78, 5) is 11.5. The molecule has 1 heterocycles. The number of rotatable bonds is 4. The molecule has 2 N–H and O–H groups in total. The Kier molecular flexibility index (Phi) is 4.22. The number of hydrazone groups is 1. The highest BCUT2D eigenvalue weighted by molar-refractivity contribution is 5.93. The third-order valence-electron chi connectivity index (χ3n) is 1.99. The molecule has 16 heavy (non-hydrogen) atoms. The van der Waals surface area contributed by atoms with E-state index in [1.54, 1.807) is 6.07 Å². The van der Waals surface area contributed by atoms with E-state index in [2.05, 4.69) is 34.6 Å². The molecule has 0 atom stereocenters. The predicted octanol–water partition coefficient (Wildman–Crippen LogP) is 1.87. The minimum Gasteiger partial charge on any atom is -0.282 e. The Hall–Kier alpha value is -1.65. The molecule has 1 aromatic heterocycles. The normalized spacial score (nSPS) is 11.9. The van der Waals surface area contributed by atoms with Gasteiger partial charge in [-0.15, -0.1) is 0 Å². The van der Waals surface area contributed by atoms with Crippen molar-refractivity contribution in [2.24, 2.45) is 11.0 Å². The van der Waals surface area contributed by atoms with E-state index in [-0.39, 0.29) is 5.91 Å². The van der Waals surface area contributed by atoms with Crippen molar-refractivity contribution in [1.29, 1.82) is 0 Å². The summed E-state index contributed by atoms with van der Waals surface area (Å²) in [7, 11) is 0. The third-order valence-corrected chi connectivity index (χ3v) is 1.99. The van der Waals surface area contributed by atoms with E-state index in [4.69, 9.17) is 0 Å². The Morgan fingerprint density at radius 1 is 1.62 bits per heavy atom. The Morgan fingerprint density at radius 2 is 2.31 bits per heavy atom. The largest absolute Gasteiger partial charge is 0.291 e. The quantitative estimate of drug-likeness (QED) is 0.603. The number of carbonyl (C=O) groups excluding carboxylic acids is 1. The first-order valence-corrected chi connectivity index (χ1v) is 5.34. The highest BCUT2D eigenvalue weighted by atomic mass is 16.2. The summed E-state index contributed by atoms with van der Waals surface area (Å²) in [6.07, 6.45) is 0.875. The zero-order valence-corrected chi connectivity index (χ0v) is 10.2. The van der Waals surface area contributed by atoms with Crippen LogP contribution in [0.3, 0.4) is 0 Å². The van der Waals surface area contributed by atoms with Gasteiger partial charge in [-0.1, -0.05) is 13.8 Å². The molecule has 0 unspecified atom stereocenters. The molecule has 1 aromatic rings. The van der Waals surface area contributed by atoms with Crippen molar-refractivity contribution >= 4 is 11.6 Å². The van der Waals surface area contributed by atoms with E-state index in [1.165, 1.54) is 0 Å². The van der Waals surface area contributed by atoms with Gasteiger partial charge in [0.25, 0.3) is 5.91 Å². The molecule has 88 valence electrons. The van der Waals surface area contributed by atoms with Gasteiger partial charge >= 0.3 is 0 Å². The molecular formula is C11H18N4O. The summed E-state index contributed by atoms with van der Waals surface area (Å²) < 4.78 is 0. The van der Waals surface area contributed by atoms with Crippen molar-refractivity contribution in [3.63, 3.8) is 0 Å². The SMILES string of the molecule is CC(CC(C)C)=NNC(=O)c1cc(C)[nH]n1. The molecule has 5 nitrogen and oxygen atoms in total. The molecular weight excluding hydrogens is 204 g/mol. The highest BCUT2D eigenvalue weighted by Gasteiger charge is 2.08. The van der Waals surface area contributed by atoms with Crippen LogP contribution in [0.2, 0.25) is 0 Å². The van der Waals surface area contributed by atoms with Crippen LogP contribution in [0.4, 0.5) is 0 Å². The van der Waals surface area contributed by atoms with E-state index in [0.717, 1.165) is 17.8 Å². The van der Waals surface area contributed by atoms with Crippen molar-refractivity contribution in [1.82, 2.24) is 15.6 Å². The molecule has 0 aliphatic rings. The number of hydrogen-bond acceptors (Lipinski definition) is 3. The topological polar surface area (TPSA) is 70.1 Å². The highest BCUT2D eigenvalue weighted by Crippen LogP contribution is 2.01. The predicted molar refractivity (Wildman–Crippen MR) is 63.4 cm³/mol. The molecule has 1 amide bonds. The molecule has 0 bridgehead atoms. The zero-order chi connectivity index (χ0) is 12.1. The van der Waals surface area contributed by atoms with Gasteiger partial charge < -0.3 is 0 Å². The molecule has 5 heteroatoms. The van der Waals surface area contributed by atoms with Crippen molar-refractivity contribution in [2.45, 2.75) is 34.1 Å². The Morgan fingerprint density at radius 3 is 2.81 bits per heavy atom. The third kappa shape index (κ3) is 3.84. The van der Waals surface area contributed by atoms with Crippen LogP contribution in [0, 0.1) is 12.8 Å². The summed E-state index contributed by atoms with van der Waals surface area (Å²) >= 11 is 0. The Labute approximate surface area is 95.3 Å². The second-order valence-electron chi connectivity index (χ2n) is 4.32. The maximum atomic E-state index is 11.5. The van der Waals surface area contributed by atoms with E-state index in [1.807, 2.05) is 13.8 Å². The van der Waals surface area contributed by atoms with Crippen LogP contribution >= 0.6 is 0 Å². The Balaban J connectivity index is 2.52. The second kappa shape index (κ2) is 5.44. The number of amides is 1. The van der Waals surface area contributed by atoms with Gasteiger partial charge in [-0.2, -0.15) is 10.2 Å². The first kappa shape index (κ1) is 12.4. The van der Waals surface area contributed by atoms with Gasteiger partial charge in [0, 0.05) is 11.4 Å². The maximum Gasteiger partial charge on any atom is 0.291 e. The van der Waals surface area contributed by atoms with Crippen molar-refractivity contribution in [3.05, 3.63) is 17.5 Å². The van der Waals surface area contributed by atoms with Crippen LogP contribution in [-0.4, -0.2) is 21.8 Å². The number of nitrogens with zero attached hydrogens (tertiary/aromatic N) is 2. The second-order valence-corrected chi connectivity index (χ2v) is 4.32. The fourth-order valence-corrected chi connectivity index (χ4v) is 1.37. The molecule has 0 radical (unpaired) electrons. The van der Waals surface area contributed by atoms with Gasteiger partial charge in [0.15, 0.2) is 5.69 Å². The lowest BCUT2D eigenvalue weighted by molar-refractivity contribution is 0.0949. The number of aryl methyl sites for hydroxylation is 1. The van der Waals surface area contributed by atoms with Crippen LogP contribution in [0.1, 0.15) is 43.4 Å². The molecule has 0 aliphatic heterocycles. The zero-order valence-electron chi connectivity index (χ0n) is 10.2. The molecule has 0 aromatic carbocycles. The lowest BCUT2D eigenvalue weighted by Gasteiger charge is -2.03. The number of nitrogens with one attached hydrogen (secondary N) is 2. The molecule has 0 aliphatic carbocycles. The number of hydrogen-bond donors (Lipinski definition) is 2. The first-order chi connectivity index (χ1) is 7.49. The van der Waals surface area contributed by atoms with Gasteiger partial charge in [0.05, 0.1) is 0 Å². The lowest BCUT2D eigenvalue weighted by Crippen LogP contribution is -2.19.